The summed E-state index contributed by atoms with van der Waals surface area (Å²) >= 11 is 0. The first-order chi connectivity index (χ1) is 39.4. The third-order valence-corrected chi connectivity index (χ3v) is 15.7. The van der Waals surface area contributed by atoms with Crippen LogP contribution in [0.3, 0.4) is 0 Å². The molecule has 2 aromatic heterocycles. The third kappa shape index (κ3) is 12.2. The van der Waals surface area contributed by atoms with Gasteiger partial charge in [-0.2, -0.15) is 49.7 Å². The topological polar surface area (TPSA) is 194 Å². The molecule has 0 atom stereocenters. The molecule has 0 aliphatic carbocycles. The number of sulfone groups is 2. The van der Waals surface area contributed by atoms with Gasteiger partial charge in [-0.1, -0.05) is 84.9 Å². The standard InChI is InChI=1S/C29H21F7N4O4S.C27H22F4N4O3S/c1-45(43,44)23-9-5-3-7-18(23)16-10-11-22(20(30)14-16)39-13-12-19-24(26(39)41)40(38-25(19)28(31,32)33)21-8-4-2-6-17(21)15-37-27(42)29(34,35)36;1-39(37,38)23-9-5-3-7-18(23)16-10-11-21(20(28)14-16)32-13-12-19-24-26(36)33-15-17-6-2-4-8-22(17)35(24)34-25(19)27(29,30)31/h2-11,14H,12-13,15H2,1H3,(H,37,42);2-11,14,32H,12-13,15H2,1H3,(H,33,36). The highest BCUT2D eigenvalue weighted by atomic mass is 32.2. The highest BCUT2D eigenvalue weighted by Gasteiger charge is 2.45. The van der Waals surface area contributed by atoms with Crippen LogP contribution in [-0.2, 0) is 62.8 Å². The van der Waals surface area contributed by atoms with E-state index in [0.717, 1.165) is 34.2 Å². The van der Waals surface area contributed by atoms with Crippen LogP contribution in [0.25, 0.3) is 33.6 Å². The highest BCUT2D eigenvalue weighted by molar-refractivity contribution is 7.91. The predicted molar refractivity (Wildman–Crippen MR) is 284 cm³/mol. The Kier molecular flexibility index (Phi) is 16.1. The third-order valence-electron chi connectivity index (χ3n) is 13.4. The van der Waals surface area contributed by atoms with Gasteiger partial charge in [-0.25, -0.2) is 35.0 Å². The molecule has 0 spiro atoms. The lowest BCUT2D eigenvalue weighted by Gasteiger charge is -2.28. The van der Waals surface area contributed by atoms with Crippen LogP contribution in [0.15, 0.2) is 143 Å². The Morgan fingerprint density at radius 3 is 1.75 bits per heavy atom. The fourth-order valence-electron chi connectivity index (χ4n) is 9.68. The Balaban J connectivity index is 0.000000204. The van der Waals surface area contributed by atoms with Crippen LogP contribution in [0.4, 0.5) is 59.7 Å². The monoisotopic (exact) mass is 1210 g/mol. The Morgan fingerprint density at radius 2 is 1.17 bits per heavy atom. The molecule has 2 aliphatic heterocycles. The number of nitrogens with one attached hydrogen (secondary N) is 3. The van der Waals surface area contributed by atoms with E-state index in [1.165, 1.54) is 72.8 Å². The maximum absolute atomic E-state index is 15.6. The first-order valence-electron chi connectivity index (χ1n) is 24.8. The molecular formula is C56H43F11N8O7S2. The number of carbonyl (C=O) groups excluding carboxylic acids is 3. The minimum Gasteiger partial charge on any atom is -0.382 e. The molecule has 0 bridgehead atoms. The first-order valence-corrected chi connectivity index (χ1v) is 28.6. The van der Waals surface area contributed by atoms with E-state index in [1.807, 2.05) is 0 Å². The smallest absolute Gasteiger partial charge is 0.382 e. The minimum absolute atomic E-state index is 0.0113. The fourth-order valence-corrected chi connectivity index (χ4v) is 11.5. The number of carbonyl (C=O) groups is 3. The van der Waals surface area contributed by atoms with E-state index < -0.39 is 103 Å². The van der Waals surface area contributed by atoms with Crippen molar-refractivity contribution in [2.24, 2.45) is 0 Å². The molecular weight excluding hydrogens is 1170 g/mol. The number of alkyl halides is 9. The summed E-state index contributed by atoms with van der Waals surface area (Å²) in [6.45, 7) is -1.13. The molecule has 0 saturated heterocycles. The van der Waals surface area contributed by atoms with E-state index in [-0.39, 0.29) is 80.9 Å². The van der Waals surface area contributed by atoms with E-state index in [9.17, 15) is 75.1 Å². The lowest BCUT2D eigenvalue weighted by atomic mass is 10.0. The average molecular weight is 1210 g/mol. The Labute approximate surface area is 470 Å². The molecule has 8 aromatic rings. The number of fused-ring (bicyclic) bond motifs is 4. The van der Waals surface area contributed by atoms with Crippen molar-refractivity contribution in [2.75, 3.05) is 35.8 Å². The molecule has 10 rings (SSSR count). The molecule has 84 heavy (non-hydrogen) atoms. The lowest BCUT2D eigenvalue weighted by Crippen LogP contribution is -2.39. The van der Waals surface area contributed by atoms with Gasteiger partial charge < -0.3 is 20.9 Å². The summed E-state index contributed by atoms with van der Waals surface area (Å²) in [6.07, 6.45) is -13.7. The summed E-state index contributed by atoms with van der Waals surface area (Å²) < 4.78 is 203. The number of halogens is 11. The van der Waals surface area contributed by atoms with Crippen molar-refractivity contribution in [1.82, 2.24) is 30.2 Å². The SMILES string of the molecule is CS(=O)(=O)c1ccccc1-c1ccc(N2CCc3c(C(F)(F)F)nn(-c4ccccc4CNC(=O)C(F)(F)F)c3C2=O)c(F)c1.CS(=O)(=O)c1ccccc1-c1ccc(NCCc2c(C(F)(F)F)nn3c2C(=O)NCc2ccccc2-3)c(F)c1. The van der Waals surface area contributed by atoms with Crippen LogP contribution in [0.1, 0.15) is 54.6 Å². The van der Waals surface area contributed by atoms with Crippen molar-refractivity contribution < 1.29 is 79.5 Å². The van der Waals surface area contributed by atoms with Crippen LogP contribution in [0.2, 0.25) is 0 Å². The number of rotatable bonds is 12. The number of para-hydroxylation sites is 2. The van der Waals surface area contributed by atoms with E-state index >= 15 is 4.39 Å². The average Bonchev–Trinajstić information content (AvgIpc) is 1.67. The number of anilines is 2. The van der Waals surface area contributed by atoms with Gasteiger partial charge in [-0.15, -0.1) is 0 Å². The molecule has 3 N–H and O–H groups in total. The predicted octanol–water partition coefficient (Wildman–Crippen LogP) is 10.5. The Bertz CT molecular complexity index is 4160. The molecule has 4 heterocycles. The summed E-state index contributed by atoms with van der Waals surface area (Å²) in [5, 5.41) is 14.4. The van der Waals surface area contributed by atoms with Crippen molar-refractivity contribution in [3.8, 4) is 33.6 Å². The number of nitrogens with zero attached hydrogens (tertiary/aromatic N) is 5. The zero-order valence-electron chi connectivity index (χ0n) is 43.5. The van der Waals surface area contributed by atoms with E-state index in [2.05, 4.69) is 20.8 Å². The molecule has 0 unspecified atom stereocenters. The van der Waals surface area contributed by atoms with Gasteiger partial charge >= 0.3 is 24.4 Å². The van der Waals surface area contributed by atoms with Crippen molar-refractivity contribution in [2.45, 2.75) is 54.3 Å². The Hall–Kier alpha value is -8.92. The van der Waals surface area contributed by atoms with E-state index in [0.29, 0.717) is 27.1 Å². The number of aromatic nitrogens is 4. The second-order valence-electron chi connectivity index (χ2n) is 19.1. The first kappa shape index (κ1) is 59.7. The molecule has 0 saturated carbocycles. The summed E-state index contributed by atoms with van der Waals surface area (Å²) in [5.74, 6) is -5.73. The summed E-state index contributed by atoms with van der Waals surface area (Å²) in [6, 6.07) is 31.5. The van der Waals surface area contributed by atoms with Crippen LogP contribution in [0, 0.1) is 11.6 Å². The van der Waals surface area contributed by atoms with Gasteiger partial charge in [-0.3, -0.25) is 14.4 Å². The largest absolute Gasteiger partial charge is 0.471 e. The molecule has 28 heteroatoms. The molecule has 6 aromatic carbocycles. The van der Waals surface area contributed by atoms with Gasteiger partial charge in [0, 0.05) is 60.9 Å². The van der Waals surface area contributed by atoms with E-state index in [4.69, 9.17) is 0 Å². The fraction of sp³-hybridized carbons (Fsp3) is 0.196. The van der Waals surface area contributed by atoms with Gasteiger partial charge in [-0.05, 0) is 83.6 Å². The van der Waals surface area contributed by atoms with Gasteiger partial charge in [0.25, 0.3) is 11.8 Å². The van der Waals surface area contributed by atoms with Crippen molar-refractivity contribution in [3.05, 3.63) is 190 Å². The lowest BCUT2D eigenvalue weighted by molar-refractivity contribution is -0.173. The van der Waals surface area contributed by atoms with Crippen molar-refractivity contribution in [3.63, 3.8) is 0 Å². The van der Waals surface area contributed by atoms with Crippen molar-refractivity contribution >= 4 is 48.8 Å². The second-order valence-corrected chi connectivity index (χ2v) is 23.0. The van der Waals surface area contributed by atoms with Gasteiger partial charge in [0.2, 0.25) is 0 Å². The number of benzene rings is 6. The van der Waals surface area contributed by atoms with Gasteiger partial charge in [0.05, 0.1) is 32.5 Å². The molecule has 3 amide bonds. The quantitative estimate of drug-likeness (QED) is 0.0991. The van der Waals surface area contributed by atoms with Crippen LogP contribution in [0.5, 0.6) is 0 Å². The molecule has 438 valence electrons. The normalized spacial score (nSPS) is 13.7. The maximum atomic E-state index is 15.6. The maximum Gasteiger partial charge on any atom is 0.471 e. The van der Waals surface area contributed by atoms with Gasteiger partial charge in [0.15, 0.2) is 31.1 Å². The van der Waals surface area contributed by atoms with Crippen LogP contribution >= 0.6 is 0 Å². The van der Waals surface area contributed by atoms with E-state index in [1.54, 1.807) is 53.8 Å². The minimum atomic E-state index is -5.22. The molecule has 0 fully saturated rings. The molecule has 15 nitrogen and oxygen atoms in total. The van der Waals surface area contributed by atoms with Crippen LogP contribution in [-0.4, -0.2) is 85.9 Å². The summed E-state index contributed by atoms with van der Waals surface area (Å²) in [5.41, 5.74) is -2.77. The zero-order chi connectivity index (χ0) is 60.8. The summed E-state index contributed by atoms with van der Waals surface area (Å²) in [7, 11) is -7.26. The molecule has 0 radical (unpaired) electrons. The Morgan fingerprint density at radius 1 is 0.631 bits per heavy atom. The number of amides is 3. The van der Waals surface area contributed by atoms with Crippen molar-refractivity contribution in [1.29, 1.82) is 0 Å². The number of hydrogen-bond donors (Lipinski definition) is 3. The second kappa shape index (κ2) is 22.7. The molecule has 2 aliphatic rings. The van der Waals surface area contributed by atoms with Gasteiger partial charge in [0.1, 0.15) is 23.0 Å². The number of hydrogen-bond acceptors (Lipinski definition) is 10. The van der Waals surface area contributed by atoms with Crippen LogP contribution < -0.4 is 20.9 Å². The highest BCUT2D eigenvalue weighted by Crippen LogP contribution is 2.40. The zero-order valence-corrected chi connectivity index (χ0v) is 45.1. The summed E-state index contributed by atoms with van der Waals surface area (Å²) in [4.78, 5) is 38.9.